The molecule has 0 unspecified atom stereocenters. The van der Waals surface area contributed by atoms with Gasteiger partial charge in [0.05, 0.1) is 5.56 Å². The van der Waals surface area contributed by atoms with E-state index in [9.17, 15) is 5.11 Å². The number of nitrogens with one attached hydrogen (secondary N) is 2. The van der Waals surface area contributed by atoms with E-state index in [2.05, 4.69) is 20.6 Å². The monoisotopic (exact) mass is 287 g/mol. The number of phenolic OH excluding ortho intramolecular Hbond substituents is 1. The number of nitrogens with zero attached hydrogens (tertiary/aromatic N) is 2. The van der Waals surface area contributed by atoms with Gasteiger partial charge in [0.25, 0.3) is 0 Å². The first-order valence-corrected chi connectivity index (χ1v) is 6.99. The molecule has 0 aliphatic rings. The van der Waals surface area contributed by atoms with E-state index in [4.69, 9.17) is 5.73 Å². The van der Waals surface area contributed by atoms with E-state index < -0.39 is 0 Å². The molecular weight excluding hydrogens is 266 g/mol. The zero-order chi connectivity index (χ0) is 15.1. The Kier molecular flexibility index (Phi) is 5.48. The van der Waals surface area contributed by atoms with E-state index in [0.717, 1.165) is 31.1 Å². The summed E-state index contributed by atoms with van der Waals surface area (Å²) in [7, 11) is 0. The van der Waals surface area contributed by atoms with Gasteiger partial charge in [0.1, 0.15) is 11.6 Å². The first-order chi connectivity index (χ1) is 10.2. The lowest BCUT2D eigenvalue weighted by Gasteiger charge is -2.10. The highest BCUT2D eigenvalue weighted by atomic mass is 16.3. The van der Waals surface area contributed by atoms with Gasteiger partial charge in [-0.25, -0.2) is 9.97 Å². The van der Waals surface area contributed by atoms with Gasteiger partial charge >= 0.3 is 0 Å². The lowest BCUT2D eigenvalue weighted by molar-refractivity contribution is 0.477. The zero-order valence-corrected chi connectivity index (χ0v) is 12.1. The van der Waals surface area contributed by atoms with Gasteiger partial charge in [0.2, 0.25) is 0 Å². The highest BCUT2D eigenvalue weighted by Crippen LogP contribution is 2.26. The summed E-state index contributed by atoms with van der Waals surface area (Å²) in [5.41, 5.74) is 6.89. The van der Waals surface area contributed by atoms with Crippen molar-refractivity contribution in [3.63, 3.8) is 0 Å². The van der Waals surface area contributed by atoms with Crippen LogP contribution < -0.4 is 16.4 Å². The molecule has 0 aliphatic carbocycles. The number of hydrogen-bond acceptors (Lipinski definition) is 6. The summed E-state index contributed by atoms with van der Waals surface area (Å²) in [6.45, 7) is 4.89. The number of benzene rings is 1. The van der Waals surface area contributed by atoms with Crippen molar-refractivity contribution in [1.29, 1.82) is 0 Å². The molecular formula is C15H21N5O. The molecule has 5 N–H and O–H groups in total. The predicted octanol–water partition coefficient (Wildman–Crippen LogP) is 1.12. The first-order valence-electron chi connectivity index (χ1n) is 6.99. The maximum Gasteiger partial charge on any atom is 0.165 e. The molecule has 0 saturated carbocycles. The standard InChI is InChI=1S/C15H21N5O/c1-11-10-14(18-9-8-17-7-6-16)20-15(19-11)12-4-2-3-5-13(12)21/h2-5,10,17,21H,6-9,16H2,1H3,(H,18,19,20). The third-order valence-corrected chi connectivity index (χ3v) is 2.93. The Hall–Kier alpha value is -2.18. The molecule has 1 heterocycles. The minimum atomic E-state index is 0.179. The molecule has 0 spiro atoms. The second-order valence-corrected chi connectivity index (χ2v) is 4.70. The van der Waals surface area contributed by atoms with Gasteiger partial charge < -0.3 is 21.5 Å². The summed E-state index contributed by atoms with van der Waals surface area (Å²) in [6.07, 6.45) is 0. The molecule has 6 nitrogen and oxygen atoms in total. The number of rotatable bonds is 7. The predicted molar refractivity (Wildman–Crippen MR) is 84.3 cm³/mol. The molecule has 0 atom stereocenters. The number of nitrogens with two attached hydrogens (primary N) is 1. The molecule has 0 aliphatic heterocycles. The maximum atomic E-state index is 9.90. The highest BCUT2D eigenvalue weighted by Gasteiger charge is 2.08. The molecule has 112 valence electrons. The fourth-order valence-corrected chi connectivity index (χ4v) is 1.95. The van der Waals surface area contributed by atoms with Crippen molar-refractivity contribution < 1.29 is 5.11 Å². The molecule has 2 aromatic rings. The van der Waals surface area contributed by atoms with E-state index in [-0.39, 0.29) is 5.75 Å². The van der Waals surface area contributed by atoms with Crippen LogP contribution in [0.5, 0.6) is 5.75 Å². The molecule has 0 fully saturated rings. The van der Waals surface area contributed by atoms with Gasteiger partial charge in [-0.15, -0.1) is 0 Å². The van der Waals surface area contributed by atoms with Crippen molar-refractivity contribution >= 4 is 5.82 Å². The molecule has 0 saturated heterocycles. The second kappa shape index (κ2) is 7.56. The zero-order valence-electron chi connectivity index (χ0n) is 12.1. The third kappa shape index (κ3) is 4.40. The van der Waals surface area contributed by atoms with Crippen LogP contribution in [-0.2, 0) is 0 Å². The Morgan fingerprint density at radius 2 is 1.95 bits per heavy atom. The molecule has 21 heavy (non-hydrogen) atoms. The summed E-state index contributed by atoms with van der Waals surface area (Å²) in [5.74, 6) is 1.44. The van der Waals surface area contributed by atoms with Crippen LogP contribution in [0.2, 0.25) is 0 Å². The Morgan fingerprint density at radius 1 is 1.14 bits per heavy atom. The Bertz CT molecular complexity index is 588. The van der Waals surface area contributed by atoms with E-state index in [1.54, 1.807) is 18.2 Å². The van der Waals surface area contributed by atoms with Crippen molar-refractivity contribution in [2.75, 3.05) is 31.5 Å². The lowest BCUT2D eigenvalue weighted by Crippen LogP contribution is -2.27. The maximum absolute atomic E-state index is 9.90. The molecule has 1 aromatic heterocycles. The Labute approximate surface area is 124 Å². The second-order valence-electron chi connectivity index (χ2n) is 4.70. The minimum absolute atomic E-state index is 0.179. The van der Waals surface area contributed by atoms with Crippen LogP contribution in [0.1, 0.15) is 5.69 Å². The normalized spacial score (nSPS) is 10.6. The van der Waals surface area contributed by atoms with Crippen molar-refractivity contribution in [2.24, 2.45) is 5.73 Å². The molecule has 0 bridgehead atoms. The summed E-state index contributed by atoms with van der Waals surface area (Å²) in [5, 5.41) is 16.3. The van der Waals surface area contributed by atoms with Gasteiger partial charge in [-0.2, -0.15) is 0 Å². The fraction of sp³-hybridized carbons (Fsp3) is 0.333. The third-order valence-electron chi connectivity index (χ3n) is 2.93. The first kappa shape index (κ1) is 15.2. The Morgan fingerprint density at radius 3 is 2.71 bits per heavy atom. The van der Waals surface area contributed by atoms with E-state index in [0.29, 0.717) is 17.9 Å². The molecule has 2 rings (SSSR count). The number of aryl methyl sites for hydroxylation is 1. The van der Waals surface area contributed by atoms with Crippen molar-refractivity contribution in [3.8, 4) is 17.1 Å². The lowest BCUT2D eigenvalue weighted by atomic mass is 10.2. The van der Waals surface area contributed by atoms with Crippen LogP contribution in [0.3, 0.4) is 0 Å². The van der Waals surface area contributed by atoms with Gasteiger partial charge in [-0.3, -0.25) is 0 Å². The average molecular weight is 287 g/mol. The van der Waals surface area contributed by atoms with Crippen molar-refractivity contribution in [1.82, 2.24) is 15.3 Å². The van der Waals surface area contributed by atoms with E-state index in [1.165, 1.54) is 0 Å². The summed E-state index contributed by atoms with van der Waals surface area (Å²) in [4.78, 5) is 8.83. The number of aromatic nitrogens is 2. The van der Waals surface area contributed by atoms with Gasteiger partial charge in [0.15, 0.2) is 5.82 Å². The summed E-state index contributed by atoms with van der Waals surface area (Å²) >= 11 is 0. The quantitative estimate of drug-likeness (QED) is 0.570. The molecule has 1 aromatic carbocycles. The number of hydrogen-bond donors (Lipinski definition) is 4. The number of aromatic hydroxyl groups is 1. The van der Waals surface area contributed by atoms with Crippen molar-refractivity contribution in [3.05, 3.63) is 36.0 Å². The summed E-state index contributed by atoms with van der Waals surface area (Å²) < 4.78 is 0. The fourth-order valence-electron chi connectivity index (χ4n) is 1.95. The van der Waals surface area contributed by atoms with Gasteiger partial charge in [0, 0.05) is 37.9 Å². The van der Waals surface area contributed by atoms with Gasteiger partial charge in [-0.05, 0) is 19.1 Å². The SMILES string of the molecule is Cc1cc(NCCNCCN)nc(-c2ccccc2O)n1. The van der Waals surface area contributed by atoms with Gasteiger partial charge in [-0.1, -0.05) is 12.1 Å². The van der Waals surface area contributed by atoms with Crippen molar-refractivity contribution in [2.45, 2.75) is 6.92 Å². The highest BCUT2D eigenvalue weighted by molar-refractivity contribution is 5.64. The van der Waals surface area contributed by atoms with Crippen LogP contribution in [0, 0.1) is 6.92 Å². The van der Waals surface area contributed by atoms with Crippen LogP contribution in [-0.4, -0.2) is 41.3 Å². The Balaban J connectivity index is 2.09. The number of anilines is 1. The minimum Gasteiger partial charge on any atom is -0.507 e. The summed E-state index contributed by atoms with van der Waals surface area (Å²) in [6, 6.07) is 8.94. The molecule has 0 amide bonds. The largest absolute Gasteiger partial charge is 0.507 e. The van der Waals surface area contributed by atoms with Crippen LogP contribution in [0.15, 0.2) is 30.3 Å². The van der Waals surface area contributed by atoms with Crippen LogP contribution >= 0.6 is 0 Å². The van der Waals surface area contributed by atoms with E-state index in [1.807, 2.05) is 19.1 Å². The smallest absolute Gasteiger partial charge is 0.165 e. The van der Waals surface area contributed by atoms with E-state index >= 15 is 0 Å². The molecule has 6 heteroatoms. The van der Waals surface area contributed by atoms with Crippen LogP contribution in [0.25, 0.3) is 11.4 Å². The van der Waals surface area contributed by atoms with Crippen LogP contribution in [0.4, 0.5) is 5.82 Å². The topological polar surface area (TPSA) is 96.1 Å². The number of para-hydroxylation sites is 1. The molecule has 0 radical (unpaired) electrons. The average Bonchev–Trinajstić information content (AvgIpc) is 2.47. The number of phenols is 1.